The number of carbonyl (C=O) groups is 1. The summed E-state index contributed by atoms with van der Waals surface area (Å²) >= 11 is 0. The van der Waals surface area contributed by atoms with Crippen LogP contribution < -0.4 is 0 Å². The quantitative estimate of drug-likeness (QED) is 0.506. The van der Waals surface area contributed by atoms with Gasteiger partial charge in [-0.2, -0.15) is 0 Å². The zero-order valence-electron chi connectivity index (χ0n) is 16.7. The first-order chi connectivity index (χ1) is 12.7. The minimum atomic E-state index is -0.301. The van der Waals surface area contributed by atoms with E-state index < -0.39 is 0 Å². The van der Waals surface area contributed by atoms with Crippen molar-refractivity contribution in [3.63, 3.8) is 0 Å². The Morgan fingerprint density at radius 3 is 2.11 bits per heavy atom. The highest BCUT2D eigenvalue weighted by molar-refractivity contribution is 5.96. The molecule has 0 heterocycles. The molecule has 1 aliphatic rings. The van der Waals surface area contributed by atoms with Crippen molar-refractivity contribution in [1.29, 1.82) is 0 Å². The number of rotatable bonds is 2. The van der Waals surface area contributed by atoms with Crippen LogP contribution in [0.15, 0.2) is 54.6 Å². The maximum atomic E-state index is 11.7. The topological polar surface area (TPSA) is 26.3 Å². The van der Waals surface area contributed by atoms with E-state index in [-0.39, 0.29) is 16.8 Å². The highest BCUT2D eigenvalue weighted by atomic mass is 16.5. The summed E-state index contributed by atoms with van der Waals surface area (Å²) < 4.78 is 4.82. The van der Waals surface area contributed by atoms with E-state index in [2.05, 4.69) is 64.1 Å². The van der Waals surface area contributed by atoms with E-state index in [0.29, 0.717) is 5.56 Å². The molecule has 0 aliphatic heterocycles. The molecule has 0 saturated heterocycles. The van der Waals surface area contributed by atoms with Gasteiger partial charge in [-0.05, 0) is 68.5 Å². The molecule has 0 amide bonds. The van der Waals surface area contributed by atoms with Crippen LogP contribution in [0.4, 0.5) is 0 Å². The van der Waals surface area contributed by atoms with Gasteiger partial charge < -0.3 is 4.74 Å². The van der Waals surface area contributed by atoms with Crippen LogP contribution in [0.3, 0.4) is 0 Å². The van der Waals surface area contributed by atoms with Gasteiger partial charge in [-0.25, -0.2) is 4.79 Å². The van der Waals surface area contributed by atoms with E-state index in [9.17, 15) is 4.79 Å². The molecule has 0 fully saturated rings. The Hall–Kier alpha value is -2.61. The Bertz CT molecular complexity index is 1060. The van der Waals surface area contributed by atoms with Crippen LogP contribution in [0.25, 0.3) is 21.9 Å². The van der Waals surface area contributed by atoms with Crippen molar-refractivity contribution < 1.29 is 9.53 Å². The molecule has 0 unspecified atom stereocenters. The van der Waals surface area contributed by atoms with Crippen molar-refractivity contribution in [3.8, 4) is 11.1 Å². The van der Waals surface area contributed by atoms with Crippen molar-refractivity contribution in [2.45, 2.75) is 44.9 Å². The zero-order chi connectivity index (χ0) is 19.4. The molecule has 0 radical (unpaired) electrons. The van der Waals surface area contributed by atoms with Crippen LogP contribution in [0.2, 0.25) is 0 Å². The lowest BCUT2D eigenvalue weighted by molar-refractivity contribution is 0.0601. The molecular formula is C25H26O2. The summed E-state index contributed by atoms with van der Waals surface area (Å²) in [4.78, 5) is 11.7. The zero-order valence-corrected chi connectivity index (χ0v) is 16.7. The maximum absolute atomic E-state index is 11.7. The Balaban J connectivity index is 1.78. The number of carbonyl (C=O) groups excluding carboxylic acids is 1. The van der Waals surface area contributed by atoms with Crippen LogP contribution in [0, 0.1) is 0 Å². The first-order valence-electron chi connectivity index (χ1n) is 9.49. The summed E-state index contributed by atoms with van der Waals surface area (Å²) in [6, 6.07) is 19.0. The van der Waals surface area contributed by atoms with E-state index in [4.69, 9.17) is 4.74 Å². The van der Waals surface area contributed by atoms with Crippen molar-refractivity contribution in [2.24, 2.45) is 0 Å². The molecule has 2 nitrogen and oxygen atoms in total. The average Bonchev–Trinajstić information content (AvgIpc) is 2.84. The number of hydrogen-bond donors (Lipinski definition) is 0. The van der Waals surface area contributed by atoms with Gasteiger partial charge >= 0.3 is 5.97 Å². The Labute approximate surface area is 161 Å². The van der Waals surface area contributed by atoms with Crippen molar-refractivity contribution in [3.05, 3.63) is 71.3 Å². The number of benzene rings is 3. The van der Waals surface area contributed by atoms with Crippen molar-refractivity contribution in [2.75, 3.05) is 7.11 Å². The maximum Gasteiger partial charge on any atom is 0.337 e. The third kappa shape index (κ3) is 2.93. The molecule has 3 aromatic carbocycles. The summed E-state index contributed by atoms with van der Waals surface area (Å²) in [6.07, 6.45) is 1.17. The first-order valence-corrected chi connectivity index (χ1v) is 9.49. The van der Waals surface area contributed by atoms with Gasteiger partial charge in [0.25, 0.3) is 0 Å². The van der Waals surface area contributed by atoms with Crippen molar-refractivity contribution in [1.82, 2.24) is 0 Å². The Kier molecular flexibility index (Phi) is 3.92. The van der Waals surface area contributed by atoms with Crippen LogP contribution >= 0.6 is 0 Å². The van der Waals surface area contributed by atoms with E-state index in [1.807, 2.05) is 18.2 Å². The van der Waals surface area contributed by atoms with Gasteiger partial charge in [-0.1, -0.05) is 64.1 Å². The summed E-state index contributed by atoms with van der Waals surface area (Å²) in [6.45, 7) is 9.38. The molecular weight excluding hydrogens is 332 g/mol. The molecule has 4 rings (SSSR count). The lowest BCUT2D eigenvalue weighted by atomic mass is 9.82. The van der Waals surface area contributed by atoms with E-state index >= 15 is 0 Å². The Morgan fingerprint density at radius 1 is 0.778 bits per heavy atom. The largest absolute Gasteiger partial charge is 0.465 e. The van der Waals surface area contributed by atoms with Gasteiger partial charge in [0.2, 0.25) is 0 Å². The second-order valence-corrected chi connectivity index (χ2v) is 8.97. The summed E-state index contributed by atoms with van der Waals surface area (Å²) in [5.74, 6) is -0.301. The number of fused-ring (bicyclic) bond motifs is 2. The summed E-state index contributed by atoms with van der Waals surface area (Å²) in [7, 11) is 1.41. The van der Waals surface area contributed by atoms with Gasteiger partial charge in [0.05, 0.1) is 12.7 Å². The van der Waals surface area contributed by atoms with E-state index in [0.717, 1.165) is 10.8 Å². The third-order valence-corrected chi connectivity index (χ3v) is 5.96. The fourth-order valence-corrected chi connectivity index (χ4v) is 4.84. The van der Waals surface area contributed by atoms with Gasteiger partial charge in [0.15, 0.2) is 0 Å². The smallest absolute Gasteiger partial charge is 0.337 e. The molecule has 0 spiro atoms. The Morgan fingerprint density at radius 2 is 1.37 bits per heavy atom. The minimum Gasteiger partial charge on any atom is -0.465 e. The lowest BCUT2D eigenvalue weighted by Gasteiger charge is -2.22. The second kappa shape index (κ2) is 5.95. The molecule has 0 atom stereocenters. The van der Waals surface area contributed by atoms with Crippen LogP contribution in [0.1, 0.15) is 55.6 Å². The van der Waals surface area contributed by atoms with E-state index in [1.165, 1.54) is 35.8 Å². The molecule has 27 heavy (non-hydrogen) atoms. The normalized spacial score (nSPS) is 16.9. The summed E-state index contributed by atoms with van der Waals surface area (Å²) in [5, 5.41) is 2.17. The average molecular weight is 358 g/mol. The highest BCUT2D eigenvalue weighted by Gasteiger charge is 2.41. The number of ether oxygens (including phenoxy) is 1. The third-order valence-electron chi connectivity index (χ3n) is 5.96. The predicted molar refractivity (Wildman–Crippen MR) is 111 cm³/mol. The predicted octanol–water partition coefficient (Wildman–Crippen LogP) is 6.25. The fourth-order valence-electron chi connectivity index (χ4n) is 4.84. The molecule has 138 valence electrons. The van der Waals surface area contributed by atoms with Crippen LogP contribution in [-0.2, 0) is 15.6 Å². The molecule has 3 aromatic rings. The monoisotopic (exact) mass is 358 g/mol. The van der Waals surface area contributed by atoms with Crippen LogP contribution in [0.5, 0.6) is 0 Å². The SMILES string of the molecule is COC(=O)c1ccc2cc(-c3ccc4c(c3)C(C)(C)CC4(C)C)ccc2c1. The number of esters is 1. The van der Waals surface area contributed by atoms with Crippen LogP contribution in [-0.4, -0.2) is 13.1 Å². The lowest BCUT2D eigenvalue weighted by Crippen LogP contribution is -2.17. The molecule has 0 N–H and O–H groups in total. The number of hydrogen-bond acceptors (Lipinski definition) is 2. The van der Waals surface area contributed by atoms with Gasteiger partial charge in [0, 0.05) is 0 Å². The van der Waals surface area contributed by atoms with Gasteiger partial charge in [0.1, 0.15) is 0 Å². The highest BCUT2D eigenvalue weighted by Crippen LogP contribution is 2.50. The fraction of sp³-hybridized carbons (Fsp3) is 0.320. The first kappa shape index (κ1) is 17.8. The molecule has 1 aliphatic carbocycles. The number of methoxy groups -OCH3 is 1. The molecule has 0 saturated carbocycles. The molecule has 2 heteroatoms. The summed E-state index contributed by atoms with van der Waals surface area (Å²) in [5.41, 5.74) is 6.40. The van der Waals surface area contributed by atoms with Crippen molar-refractivity contribution >= 4 is 16.7 Å². The van der Waals surface area contributed by atoms with Gasteiger partial charge in [-0.3, -0.25) is 0 Å². The van der Waals surface area contributed by atoms with Gasteiger partial charge in [-0.15, -0.1) is 0 Å². The minimum absolute atomic E-state index is 0.196. The van der Waals surface area contributed by atoms with E-state index in [1.54, 1.807) is 0 Å². The molecule has 0 aromatic heterocycles. The second-order valence-electron chi connectivity index (χ2n) is 8.97. The standard InChI is InChI=1S/C25H26O2/c1-24(2)15-25(3,4)22-14-19(10-11-21(22)24)17-6-7-18-13-20(23(26)27-5)9-8-16(18)12-17/h6-14H,15H2,1-5H3. The molecule has 0 bridgehead atoms.